The normalized spacial score (nSPS) is 10.4. The van der Waals surface area contributed by atoms with Crippen LogP contribution in [-0.2, 0) is 0 Å². The van der Waals surface area contributed by atoms with E-state index in [9.17, 15) is 0 Å². The van der Waals surface area contributed by atoms with Gasteiger partial charge >= 0.3 is 0 Å². The van der Waals surface area contributed by atoms with Crippen LogP contribution in [0.1, 0.15) is 26.2 Å². The van der Waals surface area contributed by atoms with Crippen molar-refractivity contribution < 1.29 is 4.74 Å². The standard InChI is InChI=1S/C17H19BrO/c1-2-3-7-12-19-17-11-10-15(13-16(17)18)14-8-5-4-6-9-14/h4-6,8-11,13H,2-3,7,12H2,1H3. The Kier molecular flexibility index (Phi) is 5.46. The molecule has 2 aromatic rings. The summed E-state index contributed by atoms with van der Waals surface area (Å²) >= 11 is 3.59. The topological polar surface area (TPSA) is 9.23 Å². The lowest BCUT2D eigenvalue weighted by Gasteiger charge is -2.09. The van der Waals surface area contributed by atoms with Gasteiger partial charge in [-0.3, -0.25) is 0 Å². The van der Waals surface area contributed by atoms with Crippen LogP contribution >= 0.6 is 15.9 Å². The second-order valence-electron chi connectivity index (χ2n) is 4.57. The zero-order chi connectivity index (χ0) is 13.5. The summed E-state index contributed by atoms with van der Waals surface area (Å²) in [6, 6.07) is 16.6. The molecule has 0 aliphatic carbocycles. The second-order valence-corrected chi connectivity index (χ2v) is 5.42. The summed E-state index contributed by atoms with van der Waals surface area (Å²) in [5.74, 6) is 0.927. The summed E-state index contributed by atoms with van der Waals surface area (Å²) in [6.07, 6.45) is 3.56. The van der Waals surface area contributed by atoms with Crippen molar-refractivity contribution in [2.75, 3.05) is 6.61 Å². The van der Waals surface area contributed by atoms with E-state index in [-0.39, 0.29) is 0 Å². The number of hydrogen-bond donors (Lipinski definition) is 0. The Morgan fingerprint density at radius 1 is 0.947 bits per heavy atom. The van der Waals surface area contributed by atoms with E-state index in [2.05, 4.69) is 59.3 Å². The molecule has 0 N–H and O–H groups in total. The van der Waals surface area contributed by atoms with E-state index in [0.717, 1.165) is 23.2 Å². The van der Waals surface area contributed by atoms with Gasteiger partial charge in [0.25, 0.3) is 0 Å². The summed E-state index contributed by atoms with van der Waals surface area (Å²) in [6.45, 7) is 2.99. The lowest BCUT2D eigenvalue weighted by Crippen LogP contribution is -1.97. The number of rotatable bonds is 6. The molecule has 0 saturated heterocycles. The first kappa shape index (κ1) is 14.1. The Labute approximate surface area is 123 Å². The Hall–Kier alpha value is -1.28. The van der Waals surface area contributed by atoms with Crippen molar-refractivity contribution in [3.8, 4) is 16.9 Å². The first-order valence-electron chi connectivity index (χ1n) is 6.79. The van der Waals surface area contributed by atoms with Crippen molar-refractivity contribution in [1.29, 1.82) is 0 Å². The molecule has 0 fully saturated rings. The molecule has 1 nitrogen and oxygen atoms in total. The molecule has 0 spiro atoms. The van der Waals surface area contributed by atoms with Gasteiger partial charge in [0.15, 0.2) is 0 Å². The molecule has 0 aliphatic rings. The van der Waals surface area contributed by atoms with Gasteiger partial charge in [0.2, 0.25) is 0 Å². The van der Waals surface area contributed by atoms with E-state index in [1.807, 2.05) is 12.1 Å². The highest BCUT2D eigenvalue weighted by Gasteiger charge is 2.04. The summed E-state index contributed by atoms with van der Waals surface area (Å²) in [7, 11) is 0. The van der Waals surface area contributed by atoms with Crippen LogP contribution in [0.5, 0.6) is 5.75 Å². The fourth-order valence-corrected chi connectivity index (χ4v) is 2.46. The molecule has 0 unspecified atom stereocenters. The number of hydrogen-bond acceptors (Lipinski definition) is 1. The van der Waals surface area contributed by atoms with E-state index >= 15 is 0 Å². The van der Waals surface area contributed by atoms with Crippen molar-refractivity contribution in [3.63, 3.8) is 0 Å². The predicted molar refractivity (Wildman–Crippen MR) is 84.6 cm³/mol. The zero-order valence-corrected chi connectivity index (χ0v) is 12.8. The van der Waals surface area contributed by atoms with Gasteiger partial charge in [0.1, 0.15) is 5.75 Å². The number of unbranched alkanes of at least 4 members (excludes halogenated alkanes) is 2. The molecule has 0 aromatic heterocycles. The minimum absolute atomic E-state index is 0.789. The average molecular weight is 319 g/mol. The van der Waals surface area contributed by atoms with E-state index in [1.165, 1.54) is 24.0 Å². The van der Waals surface area contributed by atoms with E-state index in [4.69, 9.17) is 4.74 Å². The van der Waals surface area contributed by atoms with Crippen LogP contribution < -0.4 is 4.74 Å². The van der Waals surface area contributed by atoms with Gasteiger partial charge in [-0.25, -0.2) is 0 Å². The smallest absolute Gasteiger partial charge is 0.133 e. The Morgan fingerprint density at radius 3 is 2.42 bits per heavy atom. The van der Waals surface area contributed by atoms with Gasteiger partial charge in [-0.15, -0.1) is 0 Å². The van der Waals surface area contributed by atoms with E-state index in [1.54, 1.807) is 0 Å². The van der Waals surface area contributed by atoms with Gasteiger partial charge in [0.05, 0.1) is 11.1 Å². The van der Waals surface area contributed by atoms with Crippen molar-refractivity contribution in [2.45, 2.75) is 26.2 Å². The van der Waals surface area contributed by atoms with Gasteiger partial charge in [-0.1, -0.05) is 56.2 Å². The minimum atomic E-state index is 0.789. The molecule has 0 amide bonds. The summed E-state index contributed by atoms with van der Waals surface area (Å²) < 4.78 is 6.80. The second kappa shape index (κ2) is 7.34. The third-order valence-corrected chi connectivity index (χ3v) is 3.66. The summed E-state index contributed by atoms with van der Waals surface area (Å²) in [5, 5.41) is 0. The van der Waals surface area contributed by atoms with Crippen molar-refractivity contribution >= 4 is 15.9 Å². The van der Waals surface area contributed by atoms with E-state index < -0.39 is 0 Å². The van der Waals surface area contributed by atoms with Crippen LogP contribution in [0.4, 0.5) is 0 Å². The monoisotopic (exact) mass is 318 g/mol. The number of halogens is 1. The first-order valence-corrected chi connectivity index (χ1v) is 7.58. The predicted octanol–water partition coefficient (Wildman–Crippen LogP) is 5.69. The molecule has 0 aliphatic heterocycles. The zero-order valence-electron chi connectivity index (χ0n) is 11.2. The molecule has 0 radical (unpaired) electrons. The number of benzene rings is 2. The molecule has 0 bridgehead atoms. The molecular weight excluding hydrogens is 300 g/mol. The SMILES string of the molecule is CCCCCOc1ccc(-c2ccccc2)cc1Br. The largest absolute Gasteiger partial charge is 0.492 e. The fourth-order valence-electron chi connectivity index (χ4n) is 1.96. The molecular formula is C17H19BrO. The fraction of sp³-hybridized carbons (Fsp3) is 0.294. The van der Waals surface area contributed by atoms with Crippen LogP contribution in [0.15, 0.2) is 53.0 Å². The van der Waals surface area contributed by atoms with Gasteiger partial charge in [-0.2, -0.15) is 0 Å². The van der Waals surface area contributed by atoms with Crippen molar-refractivity contribution in [1.82, 2.24) is 0 Å². The lowest BCUT2D eigenvalue weighted by atomic mass is 10.1. The summed E-state index contributed by atoms with van der Waals surface area (Å²) in [5.41, 5.74) is 2.43. The van der Waals surface area contributed by atoms with Crippen LogP contribution in [-0.4, -0.2) is 6.61 Å². The maximum atomic E-state index is 5.78. The van der Waals surface area contributed by atoms with Crippen molar-refractivity contribution in [2.24, 2.45) is 0 Å². The highest BCUT2D eigenvalue weighted by molar-refractivity contribution is 9.10. The maximum Gasteiger partial charge on any atom is 0.133 e. The highest BCUT2D eigenvalue weighted by Crippen LogP contribution is 2.30. The van der Waals surface area contributed by atoms with Crippen LogP contribution in [0.2, 0.25) is 0 Å². The Balaban J connectivity index is 2.05. The molecule has 2 aromatic carbocycles. The molecule has 0 saturated carbocycles. The third-order valence-electron chi connectivity index (χ3n) is 3.04. The molecule has 0 heterocycles. The maximum absolute atomic E-state index is 5.78. The highest BCUT2D eigenvalue weighted by atomic mass is 79.9. The molecule has 100 valence electrons. The van der Waals surface area contributed by atoms with E-state index in [0.29, 0.717) is 0 Å². The molecule has 2 heteroatoms. The summed E-state index contributed by atoms with van der Waals surface area (Å²) in [4.78, 5) is 0. The van der Waals surface area contributed by atoms with Gasteiger partial charge in [0, 0.05) is 0 Å². The Bertz CT molecular complexity index is 508. The van der Waals surface area contributed by atoms with Crippen LogP contribution in [0.25, 0.3) is 11.1 Å². The van der Waals surface area contributed by atoms with Gasteiger partial charge in [-0.05, 0) is 45.6 Å². The van der Waals surface area contributed by atoms with Crippen LogP contribution in [0, 0.1) is 0 Å². The molecule has 19 heavy (non-hydrogen) atoms. The Morgan fingerprint density at radius 2 is 1.74 bits per heavy atom. The molecule has 2 rings (SSSR count). The van der Waals surface area contributed by atoms with Gasteiger partial charge < -0.3 is 4.74 Å². The van der Waals surface area contributed by atoms with Crippen LogP contribution in [0.3, 0.4) is 0 Å². The van der Waals surface area contributed by atoms with Crippen molar-refractivity contribution in [3.05, 3.63) is 53.0 Å². The lowest BCUT2D eigenvalue weighted by molar-refractivity contribution is 0.304. The third kappa shape index (κ3) is 4.10. The molecule has 0 atom stereocenters. The minimum Gasteiger partial charge on any atom is -0.492 e. The number of ether oxygens (including phenoxy) is 1. The first-order chi connectivity index (χ1) is 9.31. The average Bonchev–Trinajstić information content (AvgIpc) is 2.46. The quantitative estimate of drug-likeness (QED) is 0.622.